The largest absolute Gasteiger partial charge is 0.338 e. The molecule has 2 heterocycles. The molecule has 5 nitrogen and oxygen atoms in total. The summed E-state index contributed by atoms with van der Waals surface area (Å²) >= 11 is 0. The van der Waals surface area contributed by atoms with Gasteiger partial charge in [-0.1, -0.05) is 35.5 Å². The minimum absolute atomic E-state index is 0.222. The minimum Gasteiger partial charge on any atom is -0.338 e. The summed E-state index contributed by atoms with van der Waals surface area (Å²) in [7, 11) is 0. The number of hydrogen-bond acceptors (Lipinski definition) is 3. The third-order valence-corrected chi connectivity index (χ3v) is 3.50. The first-order valence-electron chi connectivity index (χ1n) is 6.50. The molecule has 0 aliphatic carbocycles. The Morgan fingerprint density at radius 3 is 2.74 bits per heavy atom. The summed E-state index contributed by atoms with van der Waals surface area (Å²) < 4.78 is 1.82. The van der Waals surface area contributed by atoms with E-state index in [4.69, 9.17) is 0 Å². The number of hydrogen-bond donors (Lipinski definition) is 0. The van der Waals surface area contributed by atoms with Crippen LogP contribution in [-0.2, 0) is 11.2 Å². The maximum Gasteiger partial charge on any atom is 0.223 e. The van der Waals surface area contributed by atoms with Gasteiger partial charge < -0.3 is 4.90 Å². The molecule has 0 radical (unpaired) electrons. The summed E-state index contributed by atoms with van der Waals surface area (Å²) in [6.07, 6.45) is 4.90. The Bertz CT molecular complexity index is 532. The maximum atomic E-state index is 12.0. The normalized spacial score (nSPS) is 15.3. The van der Waals surface area contributed by atoms with E-state index in [1.54, 1.807) is 6.20 Å². The van der Waals surface area contributed by atoms with Crippen LogP contribution < -0.4 is 0 Å². The molecule has 5 heteroatoms. The molecule has 0 saturated carbocycles. The molecule has 19 heavy (non-hydrogen) atoms. The Morgan fingerprint density at radius 1 is 1.26 bits per heavy atom. The number of benzene rings is 1. The molecule has 1 aliphatic rings. The third kappa shape index (κ3) is 2.65. The molecule has 1 aliphatic heterocycles. The van der Waals surface area contributed by atoms with Crippen molar-refractivity contribution in [2.75, 3.05) is 13.1 Å². The molecule has 1 aromatic carbocycles. The highest BCUT2D eigenvalue weighted by Gasteiger charge is 2.31. The summed E-state index contributed by atoms with van der Waals surface area (Å²) in [4.78, 5) is 13.9. The molecule has 2 aromatic rings. The van der Waals surface area contributed by atoms with E-state index >= 15 is 0 Å². The van der Waals surface area contributed by atoms with Crippen LogP contribution >= 0.6 is 0 Å². The number of likely N-dealkylation sites (tertiary alicyclic amines) is 1. The Kier molecular flexibility index (Phi) is 3.27. The number of carbonyl (C=O) groups excluding carboxylic acids is 1. The van der Waals surface area contributed by atoms with E-state index < -0.39 is 0 Å². The van der Waals surface area contributed by atoms with Crippen molar-refractivity contribution in [3.8, 4) is 0 Å². The van der Waals surface area contributed by atoms with Gasteiger partial charge in [-0.25, -0.2) is 4.68 Å². The fraction of sp³-hybridized carbons (Fsp3) is 0.357. The van der Waals surface area contributed by atoms with Gasteiger partial charge in [0.15, 0.2) is 0 Å². The van der Waals surface area contributed by atoms with E-state index in [1.807, 2.05) is 34.0 Å². The highest BCUT2D eigenvalue weighted by molar-refractivity contribution is 5.77. The van der Waals surface area contributed by atoms with E-state index in [1.165, 1.54) is 5.56 Å². The lowest BCUT2D eigenvalue weighted by molar-refractivity contribution is -0.137. The molecule has 98 valence electrons. The van der Waals surface area contributed by atoms with E-state index in [0.717, 1.165) is 19.5 Å². The van der Waals surface area contributed by atoms with Crippen LogP contribution in [0.3, 0.4) is 0 Å². The van der Waals surface area contributed by atoms with Crippen LogP contribution in [0.15, 0.2) is 42.7 Å². The van der Waals surface area contributed by atoms with Gasteiger partial charge >= 0.3 is 0 Å². The second kappa shape index (κ2) is 5.22. The topological polar surface area (TPSA) is 51.0 Å². The zero-order valence-electron chi connectivity index (χ0n) is 10.6. The van der Waals surface area contributed by atoms with Gasteiger partial charge in [0.1, 0.15) is 0 Å². The highest BCUT2D eigenvalue weighted by Crippen LogP contribution is 2.20. The Morgan fingerprint density at radius 2 is 2.05 bits per heavy atom. The summed E-state index contributed by atoms with van der Waals surface area (Å²) in [5.74, 6) is 0.222. The first-order valence-corrected chi connectivity index (χ1v) is 6.50. The second-order valence-electron chi connectivity index (χ2n) is 4.82. The van der Waals surface area contributed by atoms with Crippen molar-refractivity contribution in [3.63, 3.8) is 0 Å². The van der Waals surface area contributed by atoms with Crippen molar-refractivity contribution in [3.05, 3.63) is 48.3 Å². The lowest BCUT2D eigenvalue weighted by Gasteiger charge is -2.38. The number of rotatable bonds is 4. The average Bonchev–Trinajstić information content (AvgIpc) is 2.90. The first kappa shape index (κ1) is 11.9. The van der Waals surface area contributed by atoms with Crippen LogP contribution in [0.25, 0.3) is 0 Å². The minimum atomic E-state index is 0.222. The molecule has 1 fully saturated rings. The fourth-order valence-corrected chi connectivity index (χ4v) is 2.29. The molecule has 1 saturated heterocycles. The van der Waals surface area contributed by atoms with Crippen molar-refractivity contribution in [1.82, 2.24) is 19.9 Å². The summed E-state index contributed by atoms with van der Waals surface area (Å²) in [6, 6.07) is 10.4. The Hall–Kier alpha value is -2.17. The van der Waals surface area contributed by atoms with Crippen LogP contribution in [0.2, 0.25) is 0 Å². The van der Waals surface area contributed by atoms with Crippen LogP contribution in [0.5, 0.6) is 0 Å². The first-order chi connectivity index (χ1) is 9.33. The molecule has 1 amide bonds. The Labute approximate surface area is 111 Å². The van der Waals surface area contributed by atoms with E-state index in [-0.39, 0.29) is 5.91 Å². The van der Waals surface area contributed by atoms with Gasteiger partial charge in [-0.05, 0) is 12.0 Å². The van der Waals surface area contributed by atoms with Crippen molar-refractivity contribution in [2.45, 2.75) is 18.9 Å². The maximum absolute atomic E-state index is 12.0. The van der Waals surface area contributed by atoms with Crippen molar-refractivity contribution in [2.24, 2.45) is 0 Å². The summed E-state index contributed by atoms with van der Waals surface area (Å²) in [5, 5.41) is 7.73. The third-order valence-electron chi connectivity index (χ3n) is 3.50. The van der Waals surface area contributed by atoms with Gasteiger partial charge in [0.05, 0.1) is 12.2 Å². The van der Waals surface area contributed by atoms with E-state index in [0.29, 0.717) is 12.5 Å². The monoisotopic (exact) mass is 256 g/mol. The summed E-state index contributed by atoms with van der Waals surface area (Å²) in [6.45, 7) is 1.49. The molecule has 1 aromatic heterocycles. The van der Waals surface area contributed by atoms with Crippen molar-refractivity contribution < 1.29 is 4.79 Å². The van der Waals surface area contributed by atoms with E-state index in [2.05, 4.69) is 22.4 Å². The van der Waals surface area contributed by atoms with Gasteiger partial charge in [0, 0.05) is 25.7 Å². The van der Waals surface area contributed by atoms with Gasteiger partial charge in [0.2, 0.25) is 5.91 Å². The number of carbonyl (C=O) groups is 1. The van der Waals surface area contributed by atoms with Crippen molar-refractivity contribution >= 4 is 5.91 Å². The molecule has 0 N–H and O–H groups in total. The second-order valence-corrected chi connectivity index (χ2v) is 4.82. The van der Waals surface area contributed by atoms with Crippen LogP contribution in [0.4, 0.5) is 0 Å². The highest BCUT2D eigenvalue weighted by atomic mass is 16.2. The molecule has 0 atom stereocenters. The smallest absolute Gasteiger partial charge is 0.223 e. The molecular formula is C14H16N4O. The summed E-state index contributed by atoms with van der Waals surface area (Å²) in [5.41, 5.74) is 1.21. The predicted molar refractivity (Wildman–Crippen MR) is 70.4 cm³/mol. The van der Waals surface area contributed by atoms with Crippen LogP contribution in [-0.4, -0.2) is 38.9 Å². The Balaban J connectivity index is 1.46. The number of aryl methyl sites for hydroxylation is 1. The molecular weight excluding hydrogens is 240 g/mol. The molecule has 0 unspecified atom stereocenters. The molecule has 0 bridgehead atoms. The van der Waals surface area contributed by atoms with Crippen molar-refractivity contribution in [1.29, 1.82) is 0 Å². The van der Waals surface area contributed by atoms with E-state index in [9.17, 15) is 4.79 Å². The van der Waals surface area contributed by atoms with Crippen LogP contribution in [0.1, 0.15) is 18.0 Å². The van der Waals surface area contributed by atoms with Gasteiger partial charge in [-0.15, -0.1) is 5.10 Å². The van der Waals surface area contributed by atoms with Crippen LogP contribution in [0, 0.1) is 0 Å². The quantitative estimate of drug-likeness (QED) is 0.828. The fourth-order valence-electron chi connectivity index (χ4n) is 2.29. The molecule has 0 spiro atoms. The SMILES string of the molecule is O=C(CCc1ccccc1)N1CC(n2ccnn2)C1. The van der Waals surface area contributed by atoms with Gasteiger partial charge in [-0.2, -0.15) is 0 Å². The van der Waals surface area contributed by atoms with Gasteiger partial charge in [-0.3, -0.25) is 4.79 Å². The average molecular weight is 256 g/mol. The standard InChI is InChI=1S/C14H16N4O/c19-14(7-6-12-4-2-1-3-5-12)17-10-13(11-17)18-9-8-15-16-18/h1-5,8-9,13H,6-7,10-11H2. The lowest BCUT2D eigenvalue weighted by atomic mass is 10.1. The molecule has 3 rings (SSSR count). The zero-order valence-corrected chi connectivity index (χ0v) is 10.6. The number of amides is 1. The number of aromatic nitrogens is 3. The lowest BCUT2D eigenvalue weighted by Crippen LogP contribution is -2.50. The number of nitrogens with zero attached hydrogens (tertiary/aromatic N) is 4. The van der Waals surface area contributed by atoms with Gasteiger partial charge in [0.25, 0.3) is 0 Å². The zero-order chi connectivity index (χ0) is 13.1. The predicted octanol–water partition coefficient (Wildman–Crippen LogP) is 1.29.